The van der Waals surface area contributed by atoms with Crippen LogP contribution in [0.5, 0.6) is 0 Å². The van der Waals surface area contributed by atoms with Crippen LogP contribution in [-0.4, -0.2) is 35.8 Å². The third-order valence-corrected chi connectivity index (χ3v) is 3.39. The quantitative estimate of drug-likeness (QED) is 0.775. The van der Waals surface area contributed by atoms with Gasteiger partial charge in [-0.2, -0.15) is 13.2 Å². The molecule has 1 heterocycles. The second kappa shape index (κ2) is 6.58. The summed E-state index contributed by atoms with van der Waals surface area (Å²) in [5, 5.41) is 0. The van der Waals surface area contributed by atoms with E-state index in [1.54, 1.807) is 20.8 Å². The first kappa shape index (κ1) is 18.5. The summed E-state index contributed by atoms with van der Waals surface area (Å²) in [6.45, 7) is 5.09. The molecule has 0 N–H and O–H groups in total. The number of benzene rings is 1. The van der Waals surface area contributed by atoms with Gasteiger partial charge in [0.25, 0.3) is 0 Å². The van der Waals surface area contributed by atoms with Gasteiger partial charge in [-0.1, -0.05) is 6.07 Å². The molecule has 0 bridgehead atoms. The maximum Gasteiger partial charge on any atom is 0.416 e. The van der Waals surface area contributed by atoms with Crippen molar-refractivity contribution in [2.45, 2.75) is 45.3 Å². The van der Waals surface area contributed by atoms with Crippen LogP contribution in [0.15, 0.2) is 18.2 Å². The lowest BCUT2D eigenvalue weighted by molar-refractivity contribution is -0.140. The Bertz CT molecular complexity index is 604. The molecule has 8 heteroatoms. The summed E-state index contributed by atoms with van der Waals surface area (Å²) >= 11 is 0. The van der Waals surface area contributed by atoms with E-state index in [1.165, 1.54) is 4.90 Å². The van der Waals surface area contributed by atoms with Crippen LogP contribution >= 0.6 is 0 Å². The number of likely N-dealkylation sites (tertiary alicyclic amines) is 1. The molecule has 1 aromatic carbocycles. The molecule has 0 radical (unpaired) electrons. The van der Waals surface area contributed by atoms with Crippen LogP contribution in [0, 0.1) is 5.82 Å². The molecule has 2 rings (SSSR count). The fourth-order valence-electron chi connectivity index (χ4n) is 2.19. The lowest BCUT2D eigenvalue weighted by atomic mass is 10.1. The summed E-state index contributed by atoms with van der Waals surface area (Å²) in [5.74, 6) is -0.965. The molecule has 24 heavy (non-hydrogen) atoms. The van der Waals surface area contributed by atoms with Crippen molar-refractivity contribution in [3.8, 4) is 0 Å². The number of ether oxygens (including phenoxy) is 2. The van der Waals surface area contributed by atoms with Crippen molar-refractivity contribution in [2.75, 3.05) is 13.1 Å². The summed E-state index contributed by atoms with van der Waals surface area (Å²) < 4.78 is 62.8. The van der Waals surface area contributed by atoms with Crippen molar-refractivity contribution in [3.05, 3.63) is 35.1 Å². The number of rotatable bonds is 3. The number of halogens is 4. The molecule has 1 aliphatic rings. The van der Waals surface area contributed by atoms with Gasteiger partial charge in [-0.05, 0) is 32.9 Å². The topological polar surface area (TPSA) is 38.8 Å². The summed E-state index contributed by atoms with van der Waals surface area (Å²) in [4.78, 5) is 13.1. The molecule has 1 aromatic rings. The van der Waals surface area contributed by atoms with Gasteiger partial charge in [0.15, 0.2) is 0 Å². The standard InChI is InChI=1S/C16H19F4NO3/c1-15(2,3)24-14(22)21-7-10(8-21)23-9-11-12(16(18,19)20)5-4-6-13(11)17/h4-6,10H,7-9H2,1-3H3. The lowest BCUT2D eigenvalue weighted by Gasteiger charge is -2.39. The van der Waals surface area contributed by atoms with Gasteiger partial charge >= 0.3 is 12.3 Å². The molecule has 1 amide bonds. The van der Waals surface area contributed by atoms with E-state index in [2.05, 4.69) is 0 Å². The number of alkyl halides is 3. The van der Waals surface area contributed by atoms with Crippen LogP contribution in [0.4, 0.5) is 22.4 Å². The zero-order valence-electron chi connectivity index (χ0n) is 13.6. The van der Waals surface area contributed by atoms with Crippen molar-refractivity contribution in [2.24, 2.45) is 0 Å². The zero-order chi connectivity index (χ0) is 18.1. The first-order valence-electron chi connectivity index (χ1n) is 7.41. The Balaban J connectivity index is 1.90. The number of carbonyl (C=O) groups is 1. The highest BCUT2D eigenvalue weighted by Gasteiger charge is 2.37. The van der Waals surface area contributed by atoms with E-state index in [-0.39, 0.29) is 13.1 Å². The van der Waals surface area contributed by atoms with Crippen molar-refractivity contribution in [1.82, 2.24) is 4.90 Å². The fraction of sp³-hybridized carbons (Fsp3) is 0.562. The highest BCUT2D eigenvalue weighted by molar-refractivity contribution is 5.69. The van der Waals surface area contributed by atoms with Gasteiger partial charge < -0.3 is 14.4 Å². The van der Waals surface area contributed by atoms with E-state index < -0.39 is 47.5 Å². The Morgan fingerprint density at radius 1 is 1.25 bits per heavy atom. The molecule has 1 fully saturated rings. The minimum atomic E-state index is -4.65. The van der Waals surface area contributed by atoms with Crippen LogP contribution < -0.4 is 0 Å². The summed E-state index contributed by atoms with van der Waals surface area (Å²) in [7, 11) is 0. The molecule has 1 saturated heterocycles. The van der Waals surface area contributed by atoms with Gasteiger partial charge in [-0.25, -0.2) is 9.18 Å². The molecule has 0 aliphatic carbocycles. The molecule has 0 atom stereocenters. The van der Waals surface area contributed by atoms with Crippen molar-refractivity contribution in [3.63, 3.8) is 0 Å². The molecule has 0 unspecified atom stereocenters. The SMILES string of the molecule is CC(C)(C)OC(=O)N1CC(OCc2c(F)cccc2C(F)(F)F)C1. The van der Waals surface area contributed by atoms with Gasteiger partial charge in [0.05, 0.1) is 31.4 Å². The Labute approximate surface area is 137 Å². The number of nitrogens with zero attached hydrogens (tertiary/aromatic N) is 1. The van der Waals surface area contributed by atoms with Crippen LogP contribution in [-0.2, 0) is 22.3 Å². The smallest absolute Gasteiger partial charge is 0.416 e. The van der Waals surface area contributed by atoms with E-state index in [4.69, 9.17) is 9.47 Å². The third-order valence-electron chi connectivity index (χ3n) is 3.39. The molecular weight excluding hydrogens is 330 g/mol. The molecule has 1 aliphatic heterocycles. The predicted octanol–water partition coefficient (Wildman–Crippen LogP) is 3.98. The van der Waals surface area contributed by atoms with Gasteiger partial charge in [-0.15, -0.1) is 0 Å². The molecule has 0 aromatic heterocycles. The fourth-order valence-corrected chi connectivity index (χ4v) is 2.19. The Hall–Kier alpha value is -1.83. The second-order valence-electron chi connectivity index (χ2n) is 6.58. The zero-order valence-corrected chi connectivity index (χ0v) is 13.6. The van der Waals surface area contributed by atoms with E-state index >= 15 is 0 Å². The van der Waals surface area contributed by atoms with Crippen molar-refractivity contribution < 1.29 is 31.8 Å². The average molecular weight is 349 g/mol. The summed E-state index contributed by atoms with van der Waals surface area (Å²) in [5.41, 5.74) is -2.20. The maximum atomic E-state index is 13.7. The normalized spacial score (nSPS) is 16.0. The first-order valence-corrected chi connectivity index (χ1v) is 7.41. The van der Waals surface area contributed by atoms with Crippen LogP contribution in [0.3, 0.4) is 0 Å². The molecular formula is C16H19F4NO3. The van der Waals surface area contributed by atoms with Crippen molar-refractivity contribution in [1.29, 1.82) is 0 Å². The van der Waals surface area contributed by atoms with E-state index in [0.717, 1.165) is 18.2 Å². The van der Waals surface area contributed by atoms with E-state index in [0.29, 0.717) is 0 Å². The van der Waals surface area contributed by atoms with Gasteiger partial charge in [0.1, 0.15) is 11.4 Å². The first-order chi connectivity index (χ1) is 11.0. The van der Waals surface area contributed by atoms with Crippen molar-refractivity contribution >= 4 is 6.09 Å². The third kappa shape index (κ3) is 4.59. The minimum Gasteiger partial charge on any atom is -0.444 e. The number of hydrogen-bond donors (Lipinski definition) is 0. The lowest BCUT2D eigenvalue weighted by Crippen LogP contribution is -2.55. The van der Waals surface area contributed by atoms with Crippen LogP contribution in [0.1, 0.15) is 31.9 Å². The molecule has 0 saturated carbocycles. The largest absolute Gasteiger partial charge is 0.444 e. The number of hydrogen-bond acceptors (Lipinski definition) is 3. The van der Waals surface area contributed by atoms with Crippen LogP contribution in [0.25, 0.3) is 0 Å². The Kier molecular flexibility index (Phi) is 5.08. The number of carbonyl (C=O) groups excluding carboxylic acids is 1. The maximum absolute atomic E-state index is 13.7. The highest BCUT2D eigenvalue weighted by atomic mass is 19.4. The van der Waals surface area contributed by atoms with Gasteiger partial charge in [0.2, 0.25) is 0 Å². The monoisotopic (exact) mass is 349 g/mol. The second-order valence-corrected chi connectivity index (χ2v) is 6.58. The minimum absolute atomic E-state index is 0.199. The van der Waals surface area contributed by atoms with Gasteiger partial charge in [-0.3, -0.25) is 0 Å². The summed E-state index contributed by atoms with van der Waals surface area (Å²) in [6.07, 6.45) is -5.61. The molecule has 134 valence electrons. The molecule has 0 spiro atoms. The highest BCUT2D eigenvalue weighted by Crippen LogP contribution is 2.33. The van der Waals surface area contributed by atoms with E-state index in [9.17, 15) is 22.4 Å². The molecule has 4 nitrogen and oxygen atoms in total. The summed E-state index contributed by atoms with van der Waals surface area (Å²) in [6, 6.07) is 2.78. The predicted molar refractivity (Wildman–Crippen MR) is 77.8 cm³/mol. The number of amides is 1. The Morgan fingerprint density at radius 3 is 2.42 bits per heavy atom. The Morgan fingerprint density at radius 2 is 1.88 bits per heavy atom. The van der Waals surface area contributed by atoms with Crippen LogP contribution in [0.2, 0.25) is 0 Å². The van der Waals surface area contributed by atoms with Gasteiger partial charge in [0, 0.05) is 5.56 Å². The average Bonchev–Trinajstić information content (AvgIpc) is 2.34. The van der Waals surface area contributed by atoms with E-state index in [1.807, 2.05) is 0 Å².